The number of esters is 2. The van der Waals surface area contributed by atoms with Crippen LogP contribution in [0.2, 0.25) is 0 Å². The Kier molecular flexibility index (Phi) is 15.4. The second-order valence-electron chi connectivity index (χ2n) is 24.0. The summed E-state index contributed by atoms with van der Waals surface area (Å²) >= 11 is 0. The van der Waals surface area contributed by atoms with Gasteiger partial charge in [-0.15, -0.1) is 0 Å². The number of methoxy groups -OCH3 is 1. The number of allylic oxidation sites excluding steroid dienone is 1. The molecule has 0 spiro atoms. The average molecular weight is 947 g/mol. The Morgan fingerprint density at radius 1 is 0.803 bits per heavy atom. The van der Waals surface area contributed by atoms with E-state index in [4.69, 9.17) is 23.7 Å². The van der Waals surface area contributed by atoms with Crippen LogP contribution in [0.25, 0.3) is 0 Å². The fourth-order valence-corrected chi connectivity index (χ4v) is 17.5. The fraction of sp³-hybridized carbons (Fsp3) is 0.904. The summed E-state index contributed by atoms with van der Waals surface area (Å²) in [6.45, 7) is 26.5. The van der Waals surface area contributed by atoms with Crippen molar-refractivity contribution in [1.29, 1.82) is 0 Å². The first-order valence-electron chi connectivity index (χ1n) is 25.6. The van der Waals surface area contributed by atoms with Crippen LogP contribution in [0.3, 0.4) is 0 Å². The van der Waals surface area contributed by atoms with Crippen LogP contribution in [0.4, 0.5) is 0 Å². The van der Waals surface area contributed by atoms with Crippen molar-refractivity contribution in [2.45, 2.75) is 150 Å². The third-order valence-electron chi connectivity index (χ3n) is 20.4. The Hall–Kier alpha value is -2.10. The molecule has 0 radical (unpaired) electrons. The van der Waals surface area contributed by atoms with Crippen LogP contribution in [0, 0.1) is 68.5 Å². The maximum Gasteiger partial charge on any atom is 0.332 e. The molecule has 0 unspecified atom stereocenters. The molecule has 0 aromatic carbocycles. The van der Waals surface area contributed by atoms with Gasteiger partial charge < -0.3 is 34.1 Å². The molecule has 13 nitrogen and oxygen atoms in total. The normalized spacial score (nSPS) is 40.3. The maximum absolute atomic E-state index is 13.7. The Morgan fingerprint density at radius 2 is 1.50 bits per heavy atom. The van der Waals surface area contributed by atoms with E-state index in [9.17, 15) is 27.9 Å². The smallest absolute Gasteiger partial charge is 0.332 e. The summed E-state index contributed by atoms with van der Waals surface area (Å²) in [6.07, 6.45) is 12.0. The summed E-state index contributed by atoms with van der Waals surface area (Å²) < 4.78 is 53.1. The lowest BCUT2D eigenvalue weighted by molar-refractivity contribution is -0.248. The minimum absolute atomic E-state index is 0.0207. The molecule has 376 valence electrons. The van der Waals surface area contributed by atoms with Crippen molar-refractivity contribution in [2.24, 2.45) is 68.5 Å². The number of sulfone groups is 1. The summed E-state index contributed by atoms with van der Waals surface area (Å²) in [5.41, 5.74) is 0.880. The molecular weight excluding hydrogens is 861 g/mol. The molecule has 1 saturated heterocycles. The average Bonchev–Trinajstić information content (AvgIpc) is 3.62. The molecule has 6 saturated carbocycles. The number of carbonyl (C=O) groups excluding carboxylic acids is 2. The minimum Gasteiger partial charge on any atom is -0.481 e. The van der Waals surface area contributed by atoms with Gasteiger partial charge in [0.1, 0.15) is 19.3 Å². The summed E-state index contributed by atoms with van der Waals surface area (Å²) in [5, 5.41) is 13.9. The van der Waals surface area contributed by atoms with Crippen LogP contribution in [-0.2, 0) is 47.9 Å². The van der Waals surface area contributed by atoms with Gasteiger partial charge in [-0.05, 0) is 142 Å². The first kappa shape index (κ1) is 51.7. The molecule has 0 aromatic rings. The Balaban J connectivity index is 1.02. The van der Waals surface area contributed by atoms with Crippen LogP contribution in [-0.4, -0.2) is 132 Å². The van der Waals surface area contributed by atoms with Gasteiger partial charge in [-0.1, -0.05) is 60.6 Å². The Labute approximate surface area is 396 Å². The number of aliphatic carboxylic acids is 1. The van der Waals surface area contributed by atoms with Crippen molar-refractivity contribution in [3.05, 3.63) is 12.2 Å². The lowest BCUT2D eigenvalue weighted by Gasteiger charge is -2.73. The molecular formula is C52H86N2O11S. The Morgan fingerprint density at radius 3 is 2.17 bits per heavy atom. The van der Waals surface area contributed by atoms with E-state index >= 15 is 0 Å². The van der Waals surface area contributed by atoms with E-state index in [1.54, 1.807) is 7.11 Å². The van der Waals surface area contributed by atoms with Crippen LogP contribution in [0.1, 0.15) is 132 Å². The quantitative estimate of drug-likeness (QED) is 0.0750. The number of hydrogen-bond acceptors (Lipinski definition) is 12. The van der Waals surface area contributed by atoms with Crippen molar-refractivity contribution in [3.63, 3.8) is 0 Å². The molecule has 1 heterocycles. The van der Waals surface area contributed by atoms with E-state index in [0.29, 0.717) is 68.9 Å². The van der Waals surface area contributed by atoms with Crippen LogP contribution in [0.15, 0.2) is 12.2 Å². The highest BCUT2D eigenvalue weighted by Gasteiger charge is 2.71. The molecule has 7 aliphatic rings. The van der Waals surface area contributed by atoms with Gasteiger partial charge in [0.05, 0.1) is 49.8 Å². The van der Waals surface area contributed by atoms with Crippen LogP contribution in [0.5, 0.6) is 0 Å². The van der Waals surface area contributed by atoms with E-state index in [0.717, 1.165) is 57.9 Å². The van der Waals surface area contributed by atoms with Crippen molar-refractivity contribution < 1.29 is 51.6 Å². The van der Waals surface area contributed by atoms with Crippen molar-refractivity contribution >= 4 is 27.7 Å². The van der Waals surface area contributed by atoms with E-state index < -0.39 is 33.1 Å². The van der Waals surface area contributed by atoms with Gasteiger partial charge in [0, 0.05) is 37.2 Å². The maximum atomic E-state index is 13.7. The van der Waals surface area contributed by atoms with Crippen molar-refractivity contribution in [3.8, 4) is 0 Å². The molecule has 13 atom stereocenters. The predicted octanol–water partition coefficient (Wildman–Crippen LogP) is 7.36. The number of ether oxygens (including phenoxy) is 5. The molecule has 0 amide bonds. The minimum atomic E-state index is -3.08. The molecule has 1 aliphatic heterocycles. The Bertz CT molecular complexity index is 1890. The molecule has 0 bridgehead atoms. The van der Waals surface area contributed by atoms with E-state index in [2.05, 4.69) is 58.3 Å². The highest BCUT2D eigenvalue weighted by Crippen LogP contribution is 2.76. The number of rotatable bonds is 19. The second kappa shape index (κ2) is 19.6. The topological polar surface area (TPSA) is 167 Å². The van der Waals surface area contributed by atoms with Crippen LogP contribution < -0.4 is 5.32 Å². The van der Waals surface area contributed by atoms with Gasteiger partial charge in [0.2, 0.25) is 0 Å². The molecule has 6 aliphatic carbocycles. The lowest BCUT2D eigenvalue weighted by Crippen LogP contribution is -2.69. The number of nitrogens with one attached hydrogen (secondary N) is 1. The third-order valence-corrected chi connectivity index (χ3v) is 22.0. The largest absolute Gasteiger partial charge is 0.481 e. The standard InChI is InChI=1S/C52H86N2O11S/c1-34(2)36-13-19-52(53-22-16-35(54-23-29-66(59,60)30-24-54)32-64-43(55)33-63-28-27-62-26-25-61-10)21-20-50(8)37(44(36)52)11-12-41-49(7)17-15-42(48(5,6)40(49)14-18-51(41,50)9)65-46(58)39-31-38(45(56)57)47(39,3)4/h35-42,44,53H,1,11-33H2,2-10H3,(H,56,57)/t35-,36+,37-,38+,39-,40+,41-,42+,44-,49+,50-,51-,52+/m1/s1. The highest BCUT2D eigenvalue weighted by molar-refractivity contribution is 7.91. The number of nitrogens with zero attached hydrogens (tertiary/aromatic N) is 1. The number of carboxylic acids is 1. The first-order chi connectivity index (χ1) is 31.0. The van der Waals surface area contributed by atoms with Gasteiger partial charge in [0.25, 0.3) is 0 Å². The van der Waals surface area contributed by atoms with Gasteiger partial charge in [-0.2, -0.15) is 0 Å². The third kappa shape index (κ3) is 9.45. The summed E-state index contributed by atoms with van der Waals surface area (Å²) in [4.78, 5) is 40.6. The number of fused-ring (bicyclic) bond motifs is 7. The zero-order valence-corrected chi connectivity index (χ0v) is 42.9. The monoisotopic (exact) mass is 947 g/mol. The number of carbonyl (C=O) groups is 3. The number of hydrogen-bond donors (Lipinski definition) is 2. The predicted molar refractivity (Wildman–Crippen MR) is 253 cm³/mol. The van der Waals surface area contributed by atoms with E-state index in [-0.39, 0.29) is 82.6 Å². The molecule has 66 heavy (non-hydrogen) atoms. The fourth-order valence-electron chi connectivity index (χ4n) is 16.3. The SMILES string of the molecule is C=C(C)[C@@H]1CC[C@]2(NCC[C@H](COC(=O)COCCOCCOC)N3CCS(=O)(=O)CC3)CC[C@]3(C)[C@H](CC[C@@H]4[C@@]5(C)CC[C@H](OC(=O)[C@H]6C[C@@H](C(=O)O)C6(C)C)C(C)(C)[C@@H]5CC[C@]43C)[C@@H]12. The highest BCUT2D eigenvalue weighted by atomic mass is 32.2. The first-order valence-corrected chi connectivity index (χ1v) is 27.4. The summed E-state index contributed by atoms with van der Waals surface area (Å²) in [7, 11) is -1.46. The van der Waals surface area contributed by atoms with Gasteiger partial charge >= 0.3 is 17.9 Å². The van der Waals surface area contributed by atoms with E-state index in [1.165, 1.54) is 24.8 Å². The van der Waals surface area contributed by atoms with Gasteiger partial charge in [-0.3, -0.25) is 14.5 Å². The summed E-state index contributed by atoms with van der Waals surface area (Å²) in [6, 6.07) is -0.112. The van der Waals surface area contributed by atoms with Gasteiger partial charge in [-0.25, -0.2) is 13.2 Å². The second-order valence-corrected chi connectivity index (χ2v) is 26.3. The molecule has 2 N–H and O–H groups in total. The summed E-state index contributed by atoms with van der Waals surface area (Å²) in [5.74, 6) is 0.293. The lowest BCUT2D eigenvalue weighted by atomic mass is 9.32. The molecule has 0 aromatic heterocycles. The zero-order valence-electron chi connectivity index (χ0n) is 42.1. The van der Waals surface area contributed by atoms with Crippen LogP contribution >= 0.6 is 0 Å². The molecule has 14 heteroatoms. The van der Waals surface area contributed by atoms with E-state index in [1.807, 2.05) is 13.8 Å². The molecule has 7 rings (SSSR count). The van der Waals surface area contributed by atoms with Crippen molar-refractivity contribution in [1.82, 2.24) is 10.2 Å². The van der Waals surface area contributed by atoms with Crippen molar-refractivity contribution in [2.75, 3.05) is 77.9 Å². The van der Waals surface area contributed by atoms with Gasteiger partial charge in [0.15, 0.2) is 9.84 Å². The number of carboxylic acid groups (broad SMARTS) is 1. The zero-order chi connectivity index (χ0) is 48.1. The molecule has 7 fully saturated rings.